The lowest BCUT2D eigenvalue weighted by atomic mass is 10.1. The molecule has 0 N–H and O–H groups in total. The summed E-state index contributed by atoms with van der Waals surface area (Å²) in [6.07, 6.45) is 3.48. The number of hydrogen-bond acceptors (Lipinski definition) is 5. The van der Waals surface area contributed by atoms with E-state index in [1.807, 2.05) is 4.90 Å². The summed E-state index contributed by atoms with van der Waals surface area (Å²) >= 11 is 6.06. The van der Waals surface area contributed by atoms with E-state index in [1.54, 1.807) is 22.8 Å². The van der Waals surface area contributed by atoms with Gasteiger partial charge in [-0.15, -0.1) is 0 Å². The summed E-state index contributed by atoms with van der Waals surface area (Å²) < 4.78 is 6.92. The lowest BCUT2D eigenvalue weighted by molar-refractivity contribution is -0.133. The van der Waals surface area contributed by atoms with Crippen LogP contribution in [0.1, 0.15) is 19.3 Å². The van der Waals surface area contributed by atoms with Crippen LogP contribution in [0.4, 0.5) is 0 Å². The quantitative estimate of drug-likeness (QED) is 0.794. The molecule has 0 radical (unpaired) electrons. The van der Waals surface area contributed by atoms with Crippen LogP contribution in [0, 0.1) is 0 Å². The Morgan fingerprint density at radius 1 is 1.00 bits per heavy atom. The first-order valence-corrected chi connectivity index (χ1v) is 9.99. The van der Waals surface area contributed by atoms with Crippen LogP contribution in [0.2, 0.25) is 5.02 Å². The van der Waals surface area contributed by atoms with Crippen molar-refractivity contribution in [3.63, 3.8) is 0 Å². The monoisotopic (exact) mass is 392 g/mol. The maximum Gasteiger partial charge on any atom is 0.421 e. The van der Waals surface area contributed by atoms with Crippen LogP contribution in [-0.4, -0.2) is 71.0 Å². The van der Waals surface area contributed by atoms with Crippen LogP contribution in [0.25, 0.3) is 11.1 Å². The average Bonchev–Trinajstić information content (AvgIpc) is 2.99. The number of piperidine rings is 1. The van der Waals surface area contributed by atoms with Crippen molar-refractivity contribution in [2.24, 2.45) is 0 Å². The highest BCUT2D eigenvalue weighted by Crippen LogP contribution is 2.19. The van der Waals surface area contributed by atoms with E-state index in [0.717, 1.165) is 57.6 Å². The molecule has 8 heteroatoms. The minimum atomic E-state index is -0.366. The topological polar surface area (TPSA) is 61.9 Å². The van der Waals surface area contributed by atoms with Crippen molar-refractivity contribution in [2.75, 3.05) is 45.8 Å². The van der Waals surface area contributed by atoms with E-state index in [4.69, 9.17) is 16.0 Å². The van der Waals surface area contributed by atoms with Crippen LogP contribution >= 0.6 is 11.6 Å². The Labute approximate surface area is 163 Å². The zero-order valence-electron chi connectivity index (χ0n) is 15.4. The van der Waals surface area contributed by atoms with E-state index in [9.17, 15) is 9.59 Å². The highest BCUT2D eigenvalue weighted by Gasteiger charge is 2.23. The van der Waals surface area contributed by atoms with Gasteiger partial charge in [0.25, 0.3) is 0 Å². The number of oxazole rings is 1. The number of aromatic nitrogens is 1. The van der Waals surface area contributed by atoms with Crippen molar-refractivity contribution in [3.8, 4) is 0 Å². The number of carbonyl (C=O) groups excluding carboxylic acids is 1. The van der Waals surface area contributed by atoms with Gasteiger partial charge in [-0.05, 0) is 37.5 Å². The number of amides is 1. The predicted molar refractivity (Wildman–Crippen MR) is 104 cm³/mol. The highest BCUT2D eigenvalue weighted by atomic mass is 35.5. The Balaban J connectivity index is 1.33. The van der Waals surface area contributed by atoms with Gasteiger partial charge >= 0.3 is 5.76 Å². The van der Waals surface area contributed by atoms with Crippen molar-refractivity contribution in [2.45, 2.75) is 25.9 Å². The molecule has 1 amide bonds. The molecule has 2 aliphatic heterocycles. The third kappa shape index (κ3) is 4.20. The van der Waals surface area contributed by atoms with Gasteiger partial charge in [0, 0.05) is 44.3 Å². The summed E-state index contributed by atoms with van der Waals surface area (Å²) in [5.74, 6) is -0.121. The molecule has 7 nitrogen and oxygen atoms in total. The number of nitrogens with zero attached hydrogens (tertiary/aromatic N) is 4. The molecule has 2 aliphatic rings. The number of carbonyl (C=O) groups is 1. The molecule has 0 bridgehead atoms. The fourth-order valence-electron chi connectivity index (χ4n) is 3.89. The van der Waals surface area contributed by atoms with Gasteiger partial charge < -0.3 is 9.32 Å². The van der Waals surface area contributed by atoms with E-state index in [2.05, 4.69) is 9.80 Å². The Morgan fingerprint density at radius 2 is 1.70 bits per heavy atom. The predicted octanol–water partition coefficient (Wildman–Crippen LogP) is 1.84. The van der Waals surface area contributed by atoms with Crippen molar-refractivity contribution in [1.82, 2.24) is 19.3 Å². The highest BCUT2D eigenvalue weighted by molar-refractivity contribution is 6.31. The Hall–Kier alpha value is -1.83. The first-order chi connectivity index (χ1) is 13.1. The normalized spacial score (nSPS) is 19.7. The summed E-state index contributed by atoms with van der Waals surface area (Å²) in [5, 5.41) is 0.582. The number of piperazine rings is 1. The second-order valence-electron chi connectivity index (χ2n) is 7.39. The largest absolute Gasteiger partial charge is 0.421 e. The lowest BCUT2D eigenvalue weighted by Crippen LogP contribution is -2.51. The van der Waals surface area contributed by atoms with E-state index >= 15 is 0 Å². The molecule has 0 saturated carbocycles. The molecule has 4 rings (SSSR count). The number of benzene rings is 1. The Kier molecular flexibility index (Phi) is 5.52. The number of halogens is 1. The number of likely N-dealkylation sites (tertiary alicyclic amines) is 1. The van der Waals surface area contributed by atoms with Crippen LogP contribution in [0.15, 0.2) is 27.4 Å². The van der Waals surface area contributed by atoms with Gasteiger partial charge in [-0.1, -0.05) is 11.6 Å². The van der Waals surface area contributed by atoms with E-state index in [0.29, 0.717) is 23.8 Å². The zero-order valence-corrected chi connectivity index (χ0v) is 16.2. The smallest absolute Gasteiger partial charge is 0.408 e. The van der Waals surface area contributed by atoms with Gasteiger partial charge in [-0.3, -0.25) is 19.2 Å². The molecule has 0 unspecified atom stereocenters. The maximum atomic E-state index is 12.4. The standard InChI is InChI=1S/C19H25ClN4O3/c20-15-4-5-17-16(12-15)24(19(26)27-17)14-22-10-8-21(9-11-22)13-18(25)23-6-2-1-3-7-23/h4-5,12H,1-3,6-11,13-14H2. The van der Waals surface area contributed by atoms with Crippen molar-refractivity contribution in [3.05, 3.63) is 33.8 Å². The van der Waals surface area contributed by atoms with Crippen molar-refractivity contribution >= 4 is 28.6 Å². The molecule has 2 saturated heterocycles. The number of fused-ring (bicyclic) bond motifs is 1. The summed E-state index contributed by atoms with van der Waals surface area (Å²) in [6, 6.07) is 5.20. The van der Waals surface area contributed by atoms with Crippen molar-refractivity contribution < 1.29 is 9.21 Å². The SMILES string of the molecule is O=C(CN1CCN(Cn2c(=O)oc3ccc(Cl)cc32)CC1)N1CCCCC1. The zero-order chi connectivity index (χ0) is 18.8. The first kappa shape index (κ1) is 18.5. The molecule has 146 valence electrons. The average molecular weight is 393 g/mol. The minimum absolute atomic E-state index is 0.245. The summed E-state index contributed by atoms with van der Waals surface area (Å²) in [7, 11) is 0. The molecule has 1 aromatic carbocycles. The van der Waals surface area contributed by atoms with Gasteiger partial charge in [0.1, 0.15) is 0 Å². The van der Waals surface area contributed by atoms with Crippen LogP contribution in [0.5, 0.6) is 0 Å². The van der Waals surface area contributed by atoms with Crippen molar-refractivity contribution in [1.29, 1.82) is 0 Å². The van der Waals surface area contributed by atoms with Gasteiger partial charge in [0.15, 0.2) is 5.58 Å². The molecular formula is C19H25ClN4O3. The second-order valence-corrected chi connectivity index (χ2v) is 7.82. The van der Waals surface area contributed by atoms with E-state index in [-0.39, 0.29) is 11.7 Å². The van der Waals surface area contributed by atoms with Crippen LogP contribution in [0.3, 0.4) is 0 Å². The summed E-state index contributed by atoms with van der Waals surface area (Å²) in [5.41, 5.74) is 1.27. The Morgan fingerprint density at radius 3 is 2.44 bits per heavy atom. The minimum Gasteiger partial charge on any atom is -0.408 e. The van der Waals surface area contributed by atoms with Gasteiger partial charge in [0.2, 0.25) is 5.91 Å². The van der Waals surface area contributed by atoms with E-state index < -0.39 is 0 Å². The van der Waals surface area contributed by atoms with Gasteiger partial charge in [-0.25, -0.2) is 4.79 Å². The molecule has 2 aromatic rings. The molecule has 0 spiro atoms. The lowest BCUT2D eigenvalue weighted by Gasteiger charge is -2.36. The molecule has 3 heterocycles. The fraction of sp³-hybridized carbons (Fsp3) is 0.579. The van der Waals surface area contributed by atoms with E-state index in [1.165, 1.54) is 6.42 Å². The van der Waals surface area contributed by atoms with Crippen LogP contribution in [-0.2, 0) is 11.5 Å². The maximum absolute atomic E-state index is 12.4. The molecule has 1 aromatic heterocycles. The molecule has 0 aliphatic carbocycles. The molecular weight excluding hydrogens is 368 g/mol. The molecule has 27 heavy (non-hydrogen) atoms. The molecule has 0 atom stereocenters. The van der Waals surface area contributed by atoms with Crippen LogP contribution < -0.4 is 5.76 Å². The fourth-order valence-corrected chi connectivity index (χ4v) is 4.06. The summed E-state index contributed by atoms with van der Waals surface area (Å²) in [6.45, 7) is 6.05. The molecule has 2 fully saturated rings. The first-order valence-electron chi connectivity index (χ1n) is 9.61. The second kappa shape index (κ2) is 8.04. The third-order valence-corrected chi connectivity index (χ3v) is 5.74. The number of hydrogen-bond donors (Lipinski definition) is 0. The summed E-state index contributed by atoms with van der Waals surface area (Å²) in [4.78, 5) is 31.0. The number of rotatable bonds is 4. The Bertz CT molecular complexity index is 863. The third-order valence-electron chi connectivity index (χ3n) is 5.50. The van der Waals surface area contributed by atoms with Gasteiger partial charge in [0.05, 0.1) is 18.7 Å². The van der Waals surface area contributed by atoms with Gasteiger partial charge in [-0.2, -0.15) is 0 Å².